The quantitative estimate of drug-likeness (QED) is 0.555. The second kappa shape index (κ2) is 10.8. The highest BCUT2D eigenvalue weighted by molar-refractivity contribution is 5.94. The van der Waals surface area contributed by atoms with Gasteiger partial charge in [-0.05, 0) is 59.7 Å². The summed E-state index contributed by atoms with van der Waals surface area (Å²) in [7, 11) is 0. The fourth-order valence-corrected chi connectivity index (χ4v) is 3.64. The molecule has 0 atom stereocenters. The first-order valence-electron chi connectivity index (χ1n) is 10.9. The molecule has 33 heavy (non-hydrogen) atoms. The Kier molecular flexibility index (Phi) is 7.34. The van der Waals surface area contributed by atoms with E-state index < -0.39 is 5.91 Å². The van der Waals surface area contributed by atoms with Gasteiger partial charge in [-0.3, -0.25) is 14.5 Å². The Hall–Kier alpha value is -3.68. The number of nitrogens with two attached hydrogens (primary N) is 1. The van der Waals surface area contributed by atoms with Crippen molar-refractivity contribution in [3.63, 3.8) is 0 Å². The summed E-state index contributed by atoms with van der Waals surface area (Å²) in [6.07, 6.45) is 0. The first-order valence-corrected chi connectivity index (χ1v) is 10.9. The minimum atomic E-state index is -0.485. The third-order valence-electron chi connectivity index (χ3n) is 5.45. The van der Waals surface area contributed by atoms with Gasteiger partial charge in [0.15, 0.2) is 0 Å². The predicted octanol–water partition coefficient (Wildman–Crippen LogP) is 3.34. The highest BCUT2D eigenvalue weighted by Gasteiger charge is 2.11. The van der Waals surface area contributed by atoms with Crippen LogP contribution in [-0.2, 0) is 17.8 Å². The molecule has 0 unspecified atom stereocenters. The molecule has 0 saturated carbocycles. The fourth-order valence-electron chi connectivity index (χ4n) is 3.64. The van der Waals surface area contributed by atoms with Crippen LogP contribution in [0, 0.1) is 0 Å². The maximum absolute atomic E-state index is 12.6. The molecule has 2 amide bonds. The summed E-state index contributed by atoms with van der Waals surface area (Å²) < 4.78 is 11.2. The summed E-state index contributed by atoms with van der Waals surface area (Å²) in [6.45, 7) is 4.79. The number of carbonyl (C=O) groups excluding carboxylic acids is 2. The number of primary amides is 1. The second-order valence-corrected chi connectivity index (χ2v) is 7.91. The highest BCUT2D eigenvalue weighted by atomic mass is 16.5. The molecule has 1 fully saturated rings. The van der Waals surface area contributed by atoms with Crippen LogP contribution in [0.5, 0.6) is 11.5 Å². The summed E-state index contributed by atoms with van der Waals surface area (Å²) in [4.78, 5) is 26.1. The molecule has 3 aromatic rings. The monoisotopic (exact) mass is 445 g/mol. The average Bonchev–Trinajstić information content (AvgIpc) is 2.84. The van der Waals surface area contributed by atoms with Gasteiger partial charge in [0, 0.05) is 37.3 Å². The van der Waals surface area contributed by atoms with Crippen molar-refractivity contribution in [2.24, 2.45) is 5.73 Å². The summed E-state index contributed by atoms with van der Waals surface area (Å²) in [5.74, 6) is 0.537. The number of amides is 2. The zero-order valence-corrected chi connectivity index (χ0v) is 18.3. The van der Waals surface area contributed by atoms with Gasteiger partial charge in [0.2, 0.25) is 5.91 Å². The minimum Gasteiger partial charge on any atom is -0.457 e. The van der Waals surface area contributed by atoms with E-state index in [1.807, 2.05) is 12.1 Å². The number of ether oxygens (including phenoxy) is 2. The van der Waals surface area contributed by atoms with Gasteiger partial charge in [0.25, 0.3) is 5.91 Å². The van der Waals surface area contributed by atoms with E-state index >= 15 is 0 Å². The van der Waals surface area contributed by atoms with Gasteiger partial charge < -0.3 is 20.5 Å². The lowest BCUT2D eigenvalue weighted by Crippen LogP contribution is -2.35. The Morgan fingerprint density at radius 2 is 1.48 bits per heavy atom. The third-order valence-corrected chi connectivity index (χ3v) is 5.45. The molecule has 0 aliphatic carbocycles. The maximum Gasteiger partial charge on any atom is 0.251 e. The van der Waals surface area contributed by atoms with E-state index in [0.29, 0.717) is 29.2 Å². The Morgan fingerprint density at radius 1 is 0.879 bits per heavy atom. The number of rotatable bonds is 8. The molecule has 1 heterocycles. The molecule has 4 rings (SSSR count). The van der Waals surface area contributed by atoms with Crippen LogP contribution in [0.4, 0.5) is 0 Å². The molecular weight excluding hydrogens is 418 g/mol. The smallest absolute Gasteiger partial charge is 0.251 e. The van der Waals surface area contributed by atoms with Crippen LogP contribution in [0.2, 0.25) is 0 Å². The van der Waals surface area contributed by atoms with Crippen molar-refractivity contribution in [1.82, 2.24) is 10.2 Å². The first kappa shape index (κ1) is 22.5. The lowest BCUT2D eigenvalue weighted by Gasteiger charge is -2.26. The molecule has 0 radical (unpaired) electrons. The van der Waals surface area contributed by atoms with Crippen LogP contribution in [0.25, 0.3) is 0 Å². The number of hydrogen-bond acceptors (Lipinski definition) is 5. The van der Waals surface area contributed by atoms with Gasteiger partial charge in [0.1, 0.15) is 11.5 Å². The SMILES string of the molecule is NC(=O)c1ccc(Oc2ccc(C(=O)NCc3cccc(CN4CCOCC4)c3)cc2)cc1. The summed E-state index contributed by atoms with van der Waals surface area (Å²) in [6, 6.07) is 21.8. The molecule has 1 saturated heterocycles. The lowest BCUT2D eigenvalue weighted by molar-refractivity contribution is 0.0342. The van der Waals surface area contributed by atoms with Crippen molar-refractivity contribution in [1.29, 1.82) is 0 Å². The lowest BCUT2D eigenvalue weighted by atomic mass is 10.1. The van der Waals surface area contributed by atoms with Gasteiger partial charge in [-0.2, -0.15) is 0 Å². The zero-order chi connectivity index (χ0) is 23.0. The van der Waals surface area contributed by atoms with Crippen molar-refractivity contribution in [2.45, 2.75) is 13.1 Å². The Morgan fingerprint density at radius 3 is 2.12 bits per heavy atom. The summed E-state index contributed by atoms with van der Waals surface area (Å²) in [5, 5.41) is 2.97. The standard InChI is InChI=1S/C26H27N3O4/c27-25(30)21-4-8-23(9-5-21)33-24-10-6-22(7-11-24)26(31)28-17-19-2-1-3-20(16-19)18-29-12-14-32-15-13-29/h1-11,16H,12-15,17-18H2,(H2,27,30)(H,28,31). The Balaban J connectivity index is 1.29. The fraction of sp³-hybridized carbons (Fsp3) is 0.231. The first-order chi connectivity index (χ1) is 16.1. The number of nitrogens with one attached hydrogen (secondary N) is 1. The van der Waals surface area contributed by atoms with E-state index in [1.165, 1.54) is 5.56 Å². The van der Waals surface area contributed by atoms with Crippen LogP contribution < -0.4 is 15.8 Å². The van der Waals surface area contributed by atoms with Gasteiger partial charge >= 0.3 is 0 Å². The Labute approximate surface area is 193 Å². The van der Waals surface area contributed by atoms with Crippen molar-refractivity contribution >= 4 is 11.8 Å². The number of morpholine rings is 1. The van der Waals surface area contributed by atoms with Crippen LogP contribution in [0.15, 0.2) is 72.8 Å². The summed E-state index contributed by atoms with van der Waals surface area (Å²) in [5.41, 5.74) is 8.51. The minimum absolute atomic E-state index is 0.147. The molecule has 0 bridgehead atoms. The van der Waals surface area contributed by atoms with Crippen molar-refractivity contribution in [2.75, 3.05) is 26.3 Å². The van der Waals surface area contributed by atoms with E-state index in [0.717, 1.165) is 38.4 Å². The van der Waals surface area contributed by atoms with Gasteiger partial charge in [0.05, 0.1) is 13.2 Å². The topological polar surface area (TPSA) is 93.9 Å². The Bertz CT molecular complexity index is 1090. The molecule has 7 heteroatoms. The maximum atomic E-state index is 12.6. The largest absolute Gasteiger partial charge is 0.457 e. The van der Waals surface area contributed by atoms with Crippen molar-refractivity contribution in [3.8, 4) is 11.5 Å². The molecule has 1 aliphatic heterocycles. The molecule has 3 aromatic carbocycles. The zero-order valence-electron chi connectivity index (χ0n) is 18.3. The summed E-state index contributed by atoms with van der Waals surface area (Å²) >= 11 is 0. The van der Waals surface area contributed by atoms with Crippen LogP contribution in [0.3, 0.4) is 0 Å². The predicted molar refractivity (Wildman–Crippen MR) is 125 cm³/mol. The number of benzene rings is 3. The normalized spacial score (nSPS) is 13.9. The molecular formula is C26H27N3O4. The molecule has 0 spiro atoms. The van der Waals surface area contributed by atoms with Crippen LogP contribution in [0.1, 0.15) is 31.8 Å². The van der Waals surface area contributed by atoms with E-state index in [4.69, 9.17) is 15.2 Å². The molecule has 7 nitrogen and oxygen atoms in total. The average molecular weight is 446 g/mol. The van der Waals surface area contributed by atoms with Gasteiger partial charge in [-0.15, -0.1) is 0 Å². The highest BCUT2D eigenvalue weighted by Crippen LogP contribution is 2.22. The van der Waals surface area contributed by atoms with Crippen molar-refractivity contribution in [3.05, 3.63) is 95.1 Å². The van der Waals surface area contributed by atoms with E-state index in [2.05, 4.69) is 22.3 Å². The number of nitrogens with zero attached hydrogens (tertiary/aromatic N) is 1. The van der Waals surface area contributed by atoms with Gasteiger partial charge in [-0.1, -0.05) is 24.3 Å². The number of carbonyl (C=O) groups is 2. The van der Waals surface area contributed by atoms with Gasteiger partial charge in [-0.25, -0.2) is 0 Å². The molecule has 0 aromatic heterocycles. The van der Waals surface area contributed by atoms with E-state index in [-0.39, 0.29) is 5.91 Å². The molecule has 170 valence electrons. The van der Waals surface area contributed by atoms with E-state index in [9.17, 15) is 9.59 Å². The van der Waals surface area contributed by atoms with Crippen molar-refractivity contribution < 1.29 is 19.1 Å². The third kappa shape index (κ3) is 6.41. The van der Waals surface area contributed by atoms with Crippen LogP contribution >= 0.6 is 0 Å². The van der Waals surface area contributed by atoms with Crippen LogP contribution in [-0.4, -0.2) is 43.0 Å². The molecule has 3 N–H and O–H groups in total. The second-order valence-electron chi connectivity index (χ2n) is 7.91. The molecule has 1 aliphatic rings. The van der Waals surface area contributed by atoms with E-state index in [1.54, 1.807) is 48.5 Å². The number of hydrogen-bond donors (Lipinski definition) is 2.